The van der Waals surface area contributed by atoms with Gasteiger partial charge >= 0.3 is 0 Å². The average molecular weight is 451 g/mol. The van der Waals surface area contributed by atoms with Gasteiger partial charge in [0.2, 0.25) is 0 Å². The van der Waals surface area contributed by atoms with Gasteiger partial charge in [0, 0.05) is 22.7 Å². The summed E-state index contributed by atoms with van der Waals surface area (Å²) in [5.74, 6) is 0.780. The van der Waals surface area contributed by atoms with Crippen LogP contribution in [0.2, 0.25) is 0 Å². The normalized spacial score (nSPS) is 10.4. The molecule has 7 nitrogen and oxygen atoms in total. The molecule has 0 aliphatic rings. The molecule has 0 fully saturated rings. The first-order valence-electron chi connectivity index (χ1n) is 9.09. The highest BCUT2D eigenvalue weighted by Crippen LogP contribution is 2.27. The Kier molecular flexibility index (Phi) is 8.74. The van der Waals surface area contributed by atoms with E-state index in [9.17, 15) is 14.9 Å². The third-order valence-electron chi connectivity index (χ3n) is 3.88. The maximum atomic E-state index is 12.1. The average Bonchev–Trinajstić information content (AvgIpc) is 2.68. The second-order valence-electron chi connectivity index (χ2n) is 6.14. The molecule has 0 aromatic heterocycles. The third kappa shape index (κ3) is 7.19. The summed E-state index contributed by atoms with van der Waals surface area (Å²) in [6, 6.07) is 11.3. The highest BCUT2D eigenvalue weighted by molar-refractivity contribution is 9.10. The van der Waals surface area contributed by atoms with Gasteiger partial charge in [-0.3, -0.25) is 14.9 Å². The van der Waals surface area contributed by atoms with Crippen molar-refractivity contribution < 1.29 is 19.2 Å². The lowest BCUT2D eigenvalue weighted by molar-refractivity contribution is -0.384. The maximum Gasteiger partial charge on any atom is 0.271 e. The number of hydrogen-bond acceptors (Lipinski definition) is 5. The van der Waals surface area contributed by atoms with Gasteiger partial charge in [0.15, 0.2) is 6.61 Å². The quantitative estimate of drug-likeness (QED) is 0.283. The smallest absolute Gasteiger partial charge is 0.271 e. The maximum absolute atomic E-state index is 12.1. The van der Waals surface area contributed by atoms with E-state index in [-0.39, 0.29) is 12.3 Å². The number of nitro groups is 1. The van der Waals surface area contributed by atoms with Crippen LogP contribution in [0.4, 0.5) is 11.4 Å². The summed E-state index contributed by atoms with van der Waals surface area (Å²) in [4.78, 5) is 22.5. The zero-order chi connectivity index (χ0) is 20.4. The van der Waals surface area contributed by atoms with E-state index in [2.05, 4.69) is 28.2 Å². The molecule has 8 heteroatoms. The predicted octanol–water partition coefficient (Wildman–Crippen LogP) is 5.33. The summed E-state index contributed by atoms with van der Waals surface area (Å²) in [6.07, 6.45) is 4.51. The molecule has 0 saturated heterocycles. The van der Waals surface area contributed by atoms with Crippen molar-refractivity contribution in [3.8, 4) is 11.5 Å². The monoisotopic (exact) mass is 450 g/mol. The van der Waals surface area contributed by atoms with E-state index >= 15 is 0 Å². The molecule has 1 amide bonds. The Labute approximate surface area is 172 Å². The first-order valence-corrected chi connectivity index (χ1v) is 9.88. The number of rotatable bonds is 11. The number of unbranched alkanes of at least 4 members (excludes halogenated alkanes) is 3. The lowest BCUT2D eigenvalue weighted by Gasteiger charge is -2.10. The minimum absolute atomic E-state index is 0.108. The van der Waals surface area contributed by atoms with Crippen molar-refractivity contribution in [3.63, 3.8) is 0 Å². The SMILES string of the molecule is CCCCCCOc1cccc(OCC(=O)Nc2cc([N+](=O)[O-])ccc2Br)c1. The summed E-state index contributed by atoms with van der Waals surface area (Å²) < 4.78 is 11.7. The lowest BCUT2D eigenvalue weighted by atomic mass is 10.2. The number of carbonyl (C=O) groups excluding carboxylic acids is 1. The highest BCUT2D eigenvalue weighted by atomic mass is 79.9. The first kappa shape index (κ1) is 21.7. The molecule has 0 atom stereocenters. The fourth-order valence-electron chi connectivity index (χ4n) is 2.43. The Hall–Kier alpha value is -2.61. The summed E-state index contributed by atoms with van der Waals surface area (Å²) in [6.45, 7) is 2.58. The van der Waals surface area contributed by atoms with Crippen LogP contribution in [0.1, 0.15) is 32.6 Å². The van der Waals surface area contributed by atoms with Crippen molar-refractivity contribution in [1.29, 1.82) is 0 Å². The Morgan fingerprint density at radius 3 is 2.57 bits per heavy atom. The largest absolute Gasteiger partial charge is 0.493 e. The minimum Gasteiger partial charge on any atom is -0.493 e. The van der Waals surface area contributed by atoms with Gasteiger partial charge in [-0.05, 0) is 40.5 Å². The second-order valence-corrected chi connectivity index (χ2v) is 7.00. The molecule has 2 aromatic carbocycles. The number of benzene rings is 2. The van der Waals surface area contributed by atoms with E-state index in [1.807, 2.05) is 6.07 Å². The fraction of sp³-hybridized carbons (Fsp3) is 0.350. The molecule has 1 N–H and O–H groups in total. The first-order chi connectivity index (χ1) is 13.5. The van der Waals surface area contributed by atoms with Crippen molar-refractivity contribution in [1.82, 2.24) is 0 Å². The van der Waals surface area contributed by atoms with Crippen molar-refractivity contribution in [3.05, 3.63) is 57.1 Å². The molecule has 0 unspecified atom stereocenters. The number of ether oxygens (including phenoxy) is 2. The van der Waals surface area contributed by atoms with Crippen molar-refractivity contribution in [2.45, 2.75) is 32.6 Å². The zero-order valence-electron chi connectivity index (χ0n) is 15.7. The second kappa shape index (κ2) is 11.3. The number of anilines is 1. The van der Waals surface area contributed by atoms with E-state index in [0.29, 0.717) is 28.3 Å². The van der Waals surface area contributed by atoms with Gasteiger partial charge in [0.25, 0.3) is 11.6 Å². The van der Waals surface area contributed by atoms with Crippen LogP contribution in [0.5, 0.6) is 11.5 Å². The Bertz CT molecular complexity index is 813. The number of halogens is 1. The number of nitrogens with one attached hydrogen (secondary N) is 1. The van der Waals surface area contributed by atoms with Gasteiger partial charge in [-0.2, -0.15) is 0 Å². The number of nitro benzene ring substituents is 1. The molecule has 0 bridgehead atoms. The van der Waals surface area contributed by atoms with E-state index in [1.165, 1.54) is 31.0 Å². The van der Waals surface area contributed by atoms with Gasteiger partial charge in [0.05, 0.1) is 17.2 Å². The Morgan fingerprint density at radius 1 is 1.11 bits per heavy atom. The molecule has 2 aromatic rings. The van der Waals surface area contributed by atoms with Crippen LogP contribution in [0.15, 0.2) is 46.9 Å². The number of amides is 1. The van der Waals surface area contributed by atoms with Gasteiger partial charge in [-0.15, -0.1) is 0 Å². The van der Waals surface area contributed by atoms with Crippen LogP contribution < -0.4 is 14.8 Å². The molecule has 2 rings (SSSR count). The predicted molar refractivity (Wildman–Crippen MR) is 111 cm³/mol. The van der Waals surface area contributed by atoms with Gasteiger partial charge < -0.3 is 14.8 Å². The Morgan fingerprint density at radius 2 is 1.86 bits per heavy atom. The third-order valence-corrected chi connectivity index (χ3v) is 4.57. The molecule has 0 aliphatic carbocycles. The molecule has 0 aliphatic heterocycles. The molecular formula is C20H23BrN2O5. The summed E-state index contributed by atoms with van der Waals surface area (Å²) >= 11 is 3.26. The number of hydrogen-bond donors (Lipinski definition) is 1. The van der Waals surface area contributed by atoms with Gasteiger partial charge in [0.1, 0.15) is 11.5 Å². The fourth-order valence-corrected chi connectivity index (χ4v) is 2.78. The van der Waals surface area contributed by atoms with E-state index in [1.54, 1.807) is 18.2 Å². The number of non-ortho nitro benzene ring substituents is 1. The molecule has 0 spiro atoms. The van der Waals surface area contributed by atoms with Crippen molar-refractivity contribution in [2.75, 3.05) is 18.5 Å². The number of carbonyl (C=O) groups is 1. The molecule has 28 heavy (non-hydrogen) atoms. The van der Waals surface area contributed by atoms with Crippen molar-refractivity contribution >= 4 is 33.2 Å². The standard InChI is InChI=1S/C20H23BrN2O5/c1-2-3-4-5-11-27-16-7-6-8-17(13-16)28-14-20(24)22-19-12-15(23(25)26)9-10-18(19)21/h6-10,12-13H,2-5,11,14H2,1H3,(H,22,24). The molecule has 0 heterocycles. The highest BCUT2D eigenvalue weighted by Gasteiger charge is 2.12. The Balaban J connectivity index is 1.85. The van der Waals surface area contributed by atoms with Gasteiger partial charge in [-0.25, -0.2) is 0 Å². The van der Waals surface area contributed by atoms with Crippen LogP contribution in [0, 0.1) is 10.1 Å². The molecule has 0 saturated carbocycles. The zero-order valence-corrected chi connectivity index (χ0v) is 17.2. The summed E-state index contributed by atoms with van der Waals surface area (Å²) in [7, 11) is 0. The van der Waals surface area contributed by atoms with Crippen LogP contribution in [-0.2, 0) is 4.79 Å². The molecule has 150 valence electrons. The van der Waals surface area contributed by atoms with E-state index in [0.717, 1.165) is 12.8 Å². The van der Waals surface area contributed by atoms with Gasteiger partial charge in [-0.1, -0.05) is 32.3 Å². The number of nitrogens with zero attached hydrogens (tertiary/aromatic N) is 1. The van der Waals surface area contributed by atoms with Crippen LogP contribution in [0.25, 0.3) is 0 Å². The lowest BCUT2D eigenvalue weighted by Crippen LogP contribution is -2.20. The van der Waals surface area contributed by atoms with Crippen LogP contribution >= 0.6 is 15.9 Å². The van der Waals surface area contributed by atoms with E-state index in [4.69, 9.17) is 9.47 Å². The molecule has 0 radical (unpaired) electrons. The minimum atomic E-state index is -0.521. The summed E-state index contributed by atoms with van der Waals surface area (Å²) in [5, 5.41) is 13.5. The molecular weight excluding hydrogens is 428 g/mol. The van der Waals surface area contributed by atoms with Crippen LogP contribution in [0.3, 0.4) is 0 Å². The van der Waals surface area contributed by atoms with Crippen LogP contribution in [-0.4, -0.2) is 24.0 Å². The van der Waals surface area contributed by atoms with E-state index < -0.39 is 10.8 Å². The van der Waals surface area contributed by atoms with Crippen molar-refractivity contribution in [2.24, 2.45) is 0 Å². The summed E-state index contributed by atoms with van der Waals surface area (Å²) in [5.41, 5.74) is 0.204. The topological polar surface area (TPSA) is 90.7 Å².